The lowest BCUT2D eigenvalue weighted by Crippen LogP contribution is -2.20. The molecule has 0 aromatic carbocycles. The summed E-state index contributed by atoms with van der Waals surface area (Å²) in [6.45, 7) is 7.10. The van der Waals surface area contributed by atoms with Gasteiger partial charge in [-0.2, -0.15) is 0 Å². The predicted octanol–water partition coefficient (Wildman–Crippen LogP) is 2.78. The number of ether oxygens (including phenoxy) is 5. The van der Waals surface area contributed by atoms with Crippen LogP contribution in [0.4, 0.5) is 4.39 Å². The highest BCUT2D eigenvalue weighted by Crippen LogP contribution is 2.14. The maximum absolute atomic E-state index is 11.9. The van der Waals surface area contributed by atoms with Gasteiger partial charge >= 0.3 is 5.97 Å². The fraction of sp³-hybridized carbons (Fsp3) is 0.944. The maximum atomic E-state index is 11.9. The summed E-state index contributed by atoms with van der Waals surface area (Å²) in [5, 5.41) is 0. The highest BCUT2D eigenvalue weighted by molar-refractivity contribution is 5.72. The second-order valence-electron chi connectivity index (χ2n) is 5.55. The van der Waals surface area contributed by atoms with Crippen LogP contribution in [0, 0.1) is 5.92 Å². The van der Waals surface area contributed by atoms with E-state index in [2.05, 4.69) is 6.92 Å². The molecule has 0 radical (unpaired) electrons. The van der Waals surface area contributed by atoms with E-state index in [9.17, 15) is 9.18 Å². The number of carbonyl (C=O) groups excluding carboxylic acids is 1. The Morgan fingerprint density at radius 1 is 0.800 bits per heavy atom. The van der Waals surface area contributed by atoms with Crippen molar-refractivity contribution >= 4 is 5.97 Å². The van der Waals surface area contributed by atoms with Crippen molar-refractivity contribution in [2.24, 2.45) is 5.92 Å². The summed E-state index contributed by atoms with van der Waals surface area (Å²) in [6.07, 6.45) is 3.85. The van der Waals surface area contributed by atoms with Crippen molar-refractivity contribution in [1.82, 2.24) is 0 Å². The van der Waals surface area contributed by atoms with E-state index in [4.69, 9.17) is 23.7 Å². The van der Waals surface area contributed by atoms with E-state index in [1.54, 1.807) is 0 Å². The molecule has 0 aliphatic carbocycles. The van der Waals surface area contributed by atoms with Crippen LogP contribution >= 0.6 is 0 Å². The summed E-state index contributed by atoms with van der Waals surface area (Å²) < 4.78 is 37.8. The second-order valence-corrected chi connectivity index (χ2v) is 5.55. The van der Waals surface area contributed by atoms with Gasteiger partial charge in [0.05, 0.1) is 58.8 Å². The number of carbonyl (C=O) groups is 1. The number of halogens is 1. The quantitative estimate of drug-likeness (QED) is 0.259. The third-order valence-electron chi connectivity index (χ3n) is 3.54. The molecule has 25 heavy (non-hydrogen) atoms. The van der Waals surface area contributed by atoms with Crippen molar-refractivity contribution in [2.45, 2.75) is 39.5 Å². The SMILES string of the molecule is CCCCC(CC)C(=O)OCCOCCOCCOCCOCCF. The molecule has 1 unspecified atom stereocenters. The largest absolute Gasteiger partial charge is 0.463 e. The first-order valence-corrected chi connectivity index (χ1v) is 9.29. The average molecular weight is 366 g/mol. The van der Waals surface area contributed by atoms with Crippen molar-refractivity contribution < 1.29 is 32.9 Å². The minimum atomic E-state index is -0.472. The van der Waals surface area contributed by atoms with Gasteiger partial charge in [0.2, 0.25) is 0 Å². The molecule has 0 aliphatic heterocycles. The Bertz CT molecular complexity index is 291. The van der Waals surface area contributed by atoms with E-state index in [1.165, 1.54) is 0 Å². The summed E-state index contributed by atoms with van der Waals surface area (Å²) in [7, 11) is 0. The zero-order valence-electron chi connectivity index (χ0n) is 15.8. The zero-order valence-corrected chi connectivity index (χ0v) is 15.8. The molecule has 0 aromatic rings. The molecule has 0 saturated carbocycles. The van der Waals surface area contributed by atoms with E-state index in [0.29, 0.717) is 46.2 Å². The lowest BCUT2D eigenvalue weighted by atomic mass is 10.00. The van der Waals surface area contributed by atoms with Crippen LogP contribution in [0.5, 0.6) is 0 Å². The molecule has 0 aliphatic rings. The first-order valence-electron chi connectivity index (χ1n) is 9.29. The lowest BCUT2D eigenvalue weighted by Gasteiger charge is -2.13. The Kier molecular flexibility index (Phi) is 19.0. The van der Waals surface area contributed by atoms with Gasteiger partial charge in [0.1, 0.15) is 13.3 Å². The predicted molar refractivity (Wildman–Crippen MR) is 93.5 cm³/mol. The van der Waals surface area contributed by atoms with Crippen molar-refractivity contribution in [1.29, 1.82) is 0 Å². The molecule has 1 atom stereocenters. The summed E-state index contributed by atoms with van der Waals surface area (Å²) in [4.78, 5) is 11.9. The van der Waals surface area contributed by atoms with Gasteiger partial charge < -0.3 is 23.7 Å². The molecule has 7 heteroatoms. The van der Waals surface area contributed by atoms with Gasteiger partial charge in [-0.3, -0.25) is 4.79 Å². The fourth-order valence-corrected chi connectivity index (χ4v) is 2.07. The van der Waals surface area contributed by atoms with Crippen LogP contribution in [-0.4, -0.2) is 72.1 Å². The summed E-state index contributed by atoms with van der Waals surface area (Å²) in [5.74, 6) is -0.117. The molecule has 0 spiro atoms. The number of alkyl halides is 1. The van der Waals surface area contributed by atoms with Gasteiger partial charge in [-0.15, -0.1) is 0 Å². The number of hydrogen-bond donors (Lipinski definition) is 0. The van der Waals surface area contributed by atoms with E-state index in [1.807, 2.05) is 6.92 Å². The number of hydrogen-bond acceptors (Lipinski definition) is 6. The van der Waals surface area contributed by atoms with Crippen LogP contribution in [0.1, 0.15) is 39.5 Å². The van der Waals surface area contributed by atoms with Crippen LogP contribution in [-0.2, 0) is 28.5 Å². The highest BCUT2D eigenvalue weighted by atomic mass is 19.1. The fourth-order valence-electron chi connectivity index (χ4n) is 2.07. The average Bonchev–Trinajstić information content (AvgIpc) is 2.62. The first-order chi connectivity index (χ1) is 12.3. The molecule has 0 rings (SSSR count). The summed E-state index contributed by atoms with van der Waals surface area (Å²) in [6, 6.07) is 0. The standard InChI is InChI=1S/C18H35FO6/c1-3-5-6-17(4-2)18(20)25-16-15-24-14-13-23-12-11-22-10-9-21-8-7-19/h17H,3-16H2,1-2H3. The van der Waals surface area contributed by atoms with Gasteiger partial charge in [0.25, 0.3) is 0 Å². The van der Waals surface area contributed by atoms with E-state index in [-0.39, 0.29) is 25.1 Å². The summed E-state index contributed by atoms with van der Waals surface area (Å²) in [5.41, 5.74) is 0. The highest BCUT2D eigenvalue weighted by Gasteiger charge is 2.16. The molecule has 0 fully saturated rings. The first kappa shape index (κ1) is 24.2. The molecule has 0 amide bonds. The molecular formula is C18H35FO6. The number of rotatable bonds is 19. The summed E-state index contributed by atoms with van der Waals surface area (Å²) >= 11 is 0. The topological polar surface area (TPSA) is 63.2 Å². The Hall–Kier alpha value is -0.760. The van der Waals surface area contributed by atoms with Crippen LogP contribution in [0.15, 0.2) is 0 Å². The molecular weight excluding hydrogens is 331 g/mol. The molecule has 0 N–H and O–H groups in total. The van der Waals surface area contributed by atoms with Gasteiger partial charge in [-0.1, -0.05) is 26.7 Å². The molecule has 6 nitrogen and oxygen atoms in total. The van der Waals surface area contributed by atoms with Gasteiger partial charge in [-0.05, 0) is 12.8 Å². The molecule has 0 bridgehead atoms. The molecule has 0 aromatic heterocycles. The molecule has 0 saturated heterocycles. The molecule has 150 valence electrons. The Balaban J connectivity index is 3.29. The lowest BCUT2D eigenvalue weighted by molar-refractivity contribution is -0.150. The van der Waals surface area contributed by atoms with Crippen molar-refractivity contribution in [2.75, 3.05) is 66.1 Å². The minimum absolute atomic E-state index is 0.00524. The van der Waals surface area contributed by atoms with Gasteiger partial charge in [0.15, 0.2) is 0 Å². The van der Waals surface area contributed by atoms with Crippen LogP contribution in [0.3, 0.4) is 0 Å². The van der Waals surface area contributed by atoms with Gasteiger partial charge in [-0.25, -0.2) is 4.39 Å². The van der Waals surface area contributed by atoms with E-state index >= 15 is 0 Å². The van der Waals surface area contributed by atoms with Crippen molar-refractivity contribution in [3.8, 4) is 0 Å². The van der Waals surface area contributed by atoms with Crippen LogP contribution in [0.25, 0.3) is 0 Å². The maximum Gasteiger partial charge on any atom is 0.308 e. The Labute approximate surface area is 151 Å². The van der Waals surface area contributed by atoms with Crippen LogP contribution < -0.4 is 0 Å². The van der Waals surface area contributed by atoms with Crippen LogP contribution in [0.2, 0.25) is 0 Å². The van der Waals surface area contributed by atoms with E-state index in [0.717, 1.165) is 25.7 Å². The monoisotopic (exact) mass is 366 g/mol. The smallest absolute Gasteiger partial charge is 0.308 e. The molecule has 0 heterocycles. The second kappa shape index (κ2) is 19.6. The Morgan fingerprint density at radius 2 is 1.28 bits per heavy atom. The zero-order chi connectivity index (χ0) is 18.6. The third-order valence-corrected chi connectivity index (χ3v) is 3.54. The van der Waals surface area contributed by atoms with Crippen molar-refractivity contribution in [3.05, 3.63) is 0 Å². The van der Waals surface area contributed by atoms with Gasteiger partial charge in [0, 0.05) is 0 Å². The van der Waals surface area contributed by atoms with E-state index < -0.39 is 6.67 Å². The number of esters is 1. The third kappa shape index (κ3) is 16.5. The number of unbranched alkanes of at least 4 members (excludes halogenated alkanes) is 1. The minimum Gasteiger partial charge on any atom is -0.463 e. The normalized spacial score (nSPS) is 12.3. The van der Waals surface area contributed by atoms with Crippen molar-refractivity contribution in [3.63, 3.8) is 0 Å². The Morgan fingerprint density at radius 3 is 1.72 bits per heavy atom.